The van der Waals surface area contributed by atoms with Crippen molar-refractivity contribution in [1.29, 1.82) is 0 Å². The molecule has 0 saturated heterocycles. The number of ether oxygens (including phenoxy) is 1. The molecule has 2 fully saturated rings. The molecule has 29 heavy (non-hydrogen) atoms. The van der Waals surface area contributed by atoms with Gasteiger partial charge in [-0.05, 0) is 75.6 Å². The van der Waals surface area contributed by atoms with Crippen LogP contribution < -0.4 is 10.0 Å². The molecule has 0 heterocycles. The molecule has 166 valence electrons. The van der Waals surface area contributed by atoms with Gasteiger partial charge in [0.25, 0.3) is 0 Å². The molecule has 0 N–H and O–H groups in total. The summed E-state index contributed by atoms with van der Waals surface area (Å²) in [4.78, 5) is 0. The van der Waals surface area contributed by atoms with E-state index in [9.17, 15) is 30.4 Å². The van der Waals surface area contributed by atoms with Crippen LogP contribution in [0.5, 0.6) is 5.75 Å². The van der Waals surface area contributed by atoms with Crippen molar-refractivity contribution in [3.63, 3.8) is 0 Å². The lowest BCUT2D eigenvalue weighted by Crippen LogP contribution is -2.26. The zero-order valence-corrected chi connectivity index (χ0v) is 17.2. The summed E-state index contributed by atoms with van der Waals surface area (Å²) >= 11 is 0. The van der Waals surface area contributed by atoms with Gasteiger partial charge >= 0.3 is 13.6 Å². The van der Waals surface area contributed by atoms with Crippen LogP contribution in [0.2, 0.25) is 0 Å². The average molecular weight is 446 g/mol. The highest BCUT2D eigenvalue weighted by molar-refractivity contribution is 7.67. The van der Waals surface area contributed by atoms with Crippen molar-refractivity contribution >= 4 is 20.5 Å². The predicted molar refractivity (Wildman–Crippen MR) is 105 cm³/mol. The maximum atomic E-state index is 12.4. The second kappa shape index (κ2) is 10.9. The minimum absolute atomic E-state index is 0.0973. The first-order chi connectivity index (χ1) is 13.5. The Balaban J connectivity index is 0.000000537. The highest BCUT2D eigenvalue weighted by Gasteiger charge is 2.39. The highest BCUT2D eigenvalue weighted by Crippen LogP contribution is 2.54. The summed E-state index contributed by atoms with van der Waals surface area (Å²) < 4.78 is 80.1. The molecule has 2 aliphatic rings. The number of alkyl halides is 3. The minimum atomic E-state index is -6.00. The molecule has 0 amide bonds. The molecular weight excluding hydrogens is 419 g/mol. The standard InChI is InChI=1S/C19H26F3OP.BF4/c20-19(21,22)23-15-11-13-18(14-12-15)24(16-7-3-1-4-8-16)17-9-5-2-6-10-17;2-1(3,4)5/h11-14,16-17H,1-10H2;/q;-1/p+1. The van der Waals surface area contributed by atoms with Gasteiger partial charge in [-0.3, -0.25) is 0 Å². The van der Waals surface area contributed by atoms with Gasteiger partial charge in [-0.15, -0.1) is 13.2 Å². The third-order valence-corrected chi connectivity index (χ3v) is 9.43. The van der Waals surface area contributed by atoms with Crippen LogP contribution in [0.15, 0.2) is 24.3 Å². The van der Waals surface area contributed by atoms with Gasteiger partial charge < -0.3 is 22.0 Å². The summed E-state index contributed by atoms with van der Waals surface area (Å²) in [5, 5.41) is 1.31. The van der Waals surface area contributed by atoms with Crippen molar-refractivity contribution in [2.75, 3.05) is 0 Å². The van der Waals surface area contributed by atoms with E-state index in [0.717, 1.165) is 11.3 Å². The summed E-state index contributed by atoms with van der Waals surface area (Å²) in [6, 6.07) is 6.86. The van der Waals surface area contributed by atoms with Gasteiger partial charge in [0, 0.05) is 7.92 Å². The molecule has 1 nitrogen and oxygen atoms in total. The molecule has 1 aromatic rings. The number of hydrogen-bond acceptors (Lipinski definition) is 1. The summed E-state index contributed by atoms with van der Waals surface area (Å²) in [6.45, 7) is 0. The lowest BCUT2D eigenvalue weighted by molar-refractivity contribution is -0.274. The van der Waals surface area contributed by atoms with Gasteiger partial charge in [-0.1, -0.05) is 12.8 Å². The molecule has 10 heteroatoms. The Labute approximate surface area is 168 Å². The summed E-state index contributed by atoms with van der Waals surface area (Å²) in [5.41, 5.74) is 1.59. The predicted octanol–water partition coefficient (Wildman–Crippen LogP) is 7.39. The van der Waals surface area contributed by atoms with Crippen molar-refractivity contribution in [3.8, 4) is 5.75 Å². The first-order valence-electron chi connectivity index (χ1n) is 10.1. The molecule has 0 atom stereocenters. The fourth-order valence-corrected chi connectivity index (χ4v) is 8.70. The monoisotopic (exact) mass is 446 g/mol. The maximum Gasteiger partial charge on any atom is 0.673 e. The SMILES string of the molecule is FC(F)(F)Oc1ccc([PH+](C2CCCCC2)C2CCCCC2)cc1.F[B-](F)(F)F. The molecule has 0 unspecified atom stereocenters. The van der Waals surface area contributed by atoms with Gasteiger partial charge in [0.2, 0.25) is 0 Å². The number of rotatable bonds is 4. The number of hydrogen-bond donors (Lipinski definition) is 0. The van der Waals surface area contributed by atoms with E-state index in [4.69, 9.17) is 0 Å². The zero-order valence-electron chi connectivity index (χ0n) is 16.2. The van der Waals surface area contributed by atoms with Crippen LogP contribution >= 0.6 is 7.92 Å². The molecule has 0 spiro atoms. The van der Waals surface area contributed by atoms with Crippen LogP contribution in [-0.4, -0.2) is 24.9 Å². The third-order valence-electron chi connectivity index (χ3n) is 5.51. The van der Waals surface area contributed by atoms with E-state index in [1.807, 2.05) is 12.1 Å². The van der Waals surface area contributed by atoms with Crippen LogP contribution in [0.3, 0.4) is 0 Å². The van der Waals surface area contributed by atoms with Gasteiger partial charge in [0.15, 0.2) is 0 Å². The van der Waals surface area contributed by atoms with E-state index in [1.54, 1.807) is 0 Å². The zero-order chi connectivity index (χ0) is 21.5. The lowest BCUT2D eigenvalue weighted by Gasteiger charge is -2.32. The van der Waals surface area contributed by atoms with Crippen molar-refractivity contribution in [1.82, 2.24) is 0 Å². The molecule has 0 radical (unpaired) electrons. The van der Waals surface area contributed by atoms with E-state index in [1.165, 1.54) is 81.6 Å². The van der Waals surface area contributed by atoms with Gasteiger partial charge in [-0.2, -0.15) is 0 Å². The molecular formula is C19H27BF7OP. The van der Waals surface area contributed by atoms with Crippen molar-refractivity contribution in [2.24, 2.45) is 0 Å². The Bertz CT molecular complexity index is 570. The molecule has 2 saturated carbocycles. The van der Waals surface area contributed by atoms with Crippen LogP contribution in [0.1, 0.15) is 64.2 Å². The first-order valence-corrected chi connectivity index (χ1v) is 11.8. The Kier molecular flexibility index (Phi) is 9.11. The first kappa shape index (κ1) is 24.3. The smallest absolute Gasteiger partial charge is 0.418 e. The maximum absolute atomic E-state index is 12.4. The quantitative estimate of drug-likeness (QED) is 0.266. The second-order valence-electron chi connectivity index (χ2n) is 7.69. The summed E-state index contributed by atoms with van der Waals surface area (Å²) in [7, 11) is -6.72. The van der Waals surface area contributed by atoms with Crippen molar-refractivity contribution in [3.05, 3.63) is 24.3 Å². The minimum Gasteiger partial charge on any atom is -0.418 e. The second-order valence-corrected chi connectivity index (χ2v) is 10.8. The Morgan fingerprint density at radius 2 is 1.10 bits per heavy atom. The van der Waals surface area contributed by atoms with Gasteiger partial charge in [0.05, 0.1) is 16.6 Å². The fourth-order valence-electron chi connectivity index (χ4n) is 4.48. The Hall–Kier alpha value is -0.975. The average Bonchev–Trinajstić information content (AvgIpc) is 2.63. The van der Waals surface area contributed by atoms with E-state index in [2.05, 4.69) is 4.74 Å². The topological polar surface area (TPSA) is 9.23 Å². The molecule has 0 aromatic heterocycles. The van der Waals surface area contributed by atoms with E-state index in [-0.39, 0.29) is 5.75 Å². The van der Waals surface area contributed by atoms with Crippen LogP contribution in [0.4, 0.5) is 30.4 Å². The largest absolute Gasteiger partial charge is 0.673 e. The molecule has 3 rings (SSSR count). The molecule has 0 aliphatic heterocycles. The summed E-state index contributed by atoms with van der Waals surface area (Å²) in [5.74, 6) is -0.0973. The van der Waals surface area contributed by atoms with Crippen molar-refractivity contribution < 1.29 is 35.2 Å². The van der Waals surface area contributed by atoms with Crippen molar-refractivity contribution in [2.45, 2.75) is 81.9 Å². The molecule has 2 aliphatic carbocycles. The van der Waals surface area contributed by atoms with E-state index < -0.39 is 21.5 Å². The number of halogens is 7. The summed E-state index contributed by atoms with van der Waals surface area (Å²) in [6.07, 6.45) is 8.60. The van der Waals surface area contributed by atoms with Crippen LogP contribution in [0, 0.1) is 0 Å². The third kappa shape index (κ3) is 9.58. The Morgan fingerprint density at radius 1 is 0.724 bits per heavy atom. The van der Waals surface area contributed by atoms with Gasteiger partial charge in [0.1, 0.15) is 5.75 Å². The number of benzene rings is 1. The normalized spacial score (nSPS) is 19.6. The lowest BCUT2D eigenvalue weighted by atomic mass is 9.99. The van der Waals surface area contributed by atoms with Crippen LogP contribution in [0.25, 0.3) is 0 Å². The van der Waals surface area contributed by atoms with E-state index >= 15 is 0 Å². The van der Waals surface area contributed by atoms with Crippen LogP contribution in [-0.2, 0) is 0 Å². The molecule has 0 bridgehead atoms. The van der Waals surface area contributed by atoms with E-state index in [0.29, 0.717) is 0 Å². The molecule has 1 aromatic carbocycles. The Morgan fingerprint density at radius 3 is 1.45 bits per heavy atom. The highest BCUT2D eigenvalue weighted by atomic mass is 31.1. The fraction of sp³-hybridized carbons (Fsp3) is 0.684. The van der Waals surface area contributed by atoms with Gasteiger partial charge in [-0.25, -0.2) is 0 Å².